The van der Waals surface area contributed by atoms with Gasteiger partial charge in [0.1, 0.15) is 11.8 Å². The van der Waals surface area contributed by atoms with Gasteiger partial charge < -0.3 is 9.67 Å². The van der Waals surface area contributed by atoms with Crippen LogP contribution < -0.4 is 0 Å². The number of hydrogen-bond acceptors (Lipinski definition) is 3. The number of aliphatic hydroxyl groups is 1. The van der Waals surface area contributed by atoms with Gasteiger partial charge in [-0.3, -0.25) is 0 Å². The van der Waals surface area contributed by atoms with Gasteiger partial charge in [0.2, 0.25) is 0 Å². The summed E-state index contributed by atoms with van der Waals surface area (Å²) in [5.41, 5.74) is -0.558. The lowest BCUT2D eigenvalue weighted by Gasteiger charge is -2.29. The molecule has 0 amide bonds. The Morgan fingerprint density at radius 2 is 2.47 bits per heavy atom. The molecule has 1 atom stereocenters. The highest BCUT2D eigenvalue weighted by atomic mass is 35.5. The average Bonchev–Trinajstić information content (AvgIpc) is 2.79. The molecule has 0 bridgehead atoms. The lowest BCUT2D eigenvalue weighted by Crippen LogP contribution is -2.41. The number of imidazole rings is 1. The fourth-order valence-electron chi connectivity index (χ4n) is 1.66. The van der Waals surface area contributed by atoms with Gasteiger partial charge in [-0.05, 0) is 19.8 Å². The zero-order chi connectivity index (χ0) is 11.1. The predicted octanol–water partition coefficient (Wildman–Crippen LogP) is 1.28. The van der Waals surface area contributed by atoms with Gasteiger partial charge in [0.05, 0.1) is 29.5 Å². The van der Waals surface area contributed by atoms with Crippen molar-refractivity contribution < 1.29 is 5.11 Å². The van der Waals surface area contributed by atoms with E-state index in [0.717, 1.165) is 12.8 Å². The topological polar surface area (TPSA) is 61.8 Å². The van der Waals surface area contributed by atoms with Gasteiger partial charge in [-0.1, -0.05) is 0 Å². The Morgan fingerprint density at radius 1 is 1.80 bits per heavy atom. The van der Waals surface area contributed by atoms with E-state index in [-0.39, 0.29) is 0 Å². The lowest BCUT2D eigenvalue weighted by molar-refractivity contribution is 0.0293. The first kappa shape index (κ1) is 10.5. The van der Waals surface area contributed by atoms with Gasteiger partial charge in [-0.15, -0.1) is 11.6 Å². The van der Waals surface area contributed by atoms with Crippen LogP contribution >= 0.6 is 11.6 Å². The van der Waals surface area contributed by atoms with Crippen molar-refractivity contribution in [2.75, 3.05) is 0 Å². The Balaban J connectivity index is 2.19. The minimum absolute atomic E-state index is 0.305. The zero-order valence-electron chi connectivity index (χ0n) is 8.44. The third-order valence-corrected chi connectivity index (χ3v) is 3.74. The van der Waals surface area contributed by atoms with Gasteiger partial charge >= 0.3 is 0 Å². The molecule has 1 aliphatic rings. The second-order valence-electron chi connectivity index (χ2n) is 4.26. The van der Waals surface area contributed by atoms with Crippen LogP contribution in [0.5, 0.6) is 0 Å². The molecule has 0 radical (unpaired) electrons. The summed E-state index contributed by atoms with van der Waals surface area (Å²) in [7, 11) is 0. The van der Waals surface area contributed by atoms with Crippen LogP contribution in [0.15, 0.2) is 12.5 Å². The molecule has 0 aromatic carbocycles. The molecule has 1 N–H and O–H groups in total. The van der Waals surface area contributed by atoms with E-state index >= 15 is 0 Å². The summed E-state index contributed by atoms with van der Waals surface area (Å²) in [5.74, 6) is 0. The molecule has 15 heavy (non-hydrogen) atoms. The highest BCUT2D eigenvalue weighted by Crippen LogP contribution is 2.51. The molecule has 0 saturated heterocycles. The van der Waals surface area contributed by atoms with E-state index in [4.69, 9.17) is 16.9 Å². The predicted molar refractivity (Wildman–Crippen MR) is 55.4 cm³/mol. The molecule has 5 heteroatoms. The van der Waals surface area contributed by atoms with Crippen molar-refractivity contribution in [3.63, 3.8) is 0 Å². The number of halogens is 1. The summed E-state index contributed by atoms with van der Waals surface area (Å²) in [4.78, 5) is 3.34. The molecular weight excluding hydrogens is 214 g/mol. The maximum absolute atomic E-state index is 10.2. The standard InChI is InChI=1S/C10H12ClN3O/c1-9(15,10(11)2-3-10)6-14-7-13-5-8(14)4-12/h5,7,15H,2-3,6H2,1H3. The number of nitrogens with zero attached hydrogens (tertiary/aromatic N) is 3. The van der Waals surface area contributed by atoms with Crippen molar-refractivity contribution >= 4 is 11.6 Å². The van der Waals surface area contributed by atoms with E-state index in [1.165, 1.54) is 12.5 Å². The molecule has 4 nitrogen and oxygen atoms in total. The Morgan fingerprint density at radius 3 is 3.00 bits per heavy atom. The number of aromatic nitrogens is 2. The van der Waals surface area contributed by atoms with Crippen molar-refractivity contribution in [1.29, 1.82) is 5.26 Å². The van der Waals surface area contributed by atoms with E-state index in [2.05, 4.69) is 4.98 Å². The maximum Gasteiger partial charge on any atom is 0.139 e. The van der Waals surface area contributed by atoms with E-state index in [1.54, 1.807) is 11.5 Å². The monoisotopic (exact) mass is 225 g/mol. The summed E-state index contributed by atoms with van der Waals surface area (Å²) in [6, 6.07) is 2.02. The molecule has 1 aromatic heterocycles. The number of nitriles is 1. The highest BCUT2D eigenvalue weighted by molar-refractivity contribution is 6.26. The van der Waals surface area contributed by atoms with Crippen LogP contribution in [0.2, 0.25) is 0 Å². The molecule has 0 aliphatic heterocycles. The summed E-state index contributed by atoms with van der Waals surface area (Å²) >= 11 is 6.18. The summed E-state index contributed by atoms with van der Waals surface area (Å²) in [6.45, 7) is 2.01. The number of alkyl halides is 1. The molecule has 1 heterocycles. The highest BCUT2D eigenvalue weighted by Gasteiger charge is 2.55. The van der Waals surface area contributed by atoms with E-state index in [0.29, 0.717) is 12.2 Å². The fraction of sp³-hybridized carbons (Fsp3) is 0.600. The Hall–Kier alpha value is -1.05. The van der Waals surface area contributed by atoms with Crippen LogP contribution in [0.1, 0.15) is 25.5 Å². The average molecular weight is 226 g/mol. The van der Waals surface area contributed by atoms with Crippen molar-refractivity contribution in [1.82, 2.24) is 9.55 Å². The van der Waals surface area contributed by atoms with E-state index in [9.17, 15) is 5.11 Å². The van der Waals surface area contributed by atoms with Crippen LogP contribution in [-0.4, -0.2) is 25.1 Å². The zero-order valence-corrected chi connectivity index (χ0v) is 9.20. The van der Waals surface area contributed by atoms with Crippen LogP contribution in [-0.2, 0) is 6.54 Å². The minimum Gasteiger partial charge on any atom is -0.386 e. The van der Waals surface area contributed by atoms with Crippen LogP contribution in [0.4, 0.5) is 0 Å². The first-order valence-electron chi connectivity index (χ1n) is 4.80. The van der Waals surface area contributed by atoms with Crippen molar-refractivity contribution in [3.8, 4) is 6.07 Å². The minimum atomic E-state index is -0.999. The quantitative estimate of drug-likeness (QED) is 0.789. The molecule has 0 spiro atoms. The smallest absolute Gasteiger partial charge is 0.139 e. The lowest BCUT2D eigenvalue weighted by atomic mass is 10.00. The molecule has 1 aliphatic carbocycles. The van der Waals surface area contributed by atoms with Crippen LogP contribution in [0.25, 0.3) is 0 Å². The fourth-order valence-corrected chi connectivity index (χ4v) is 1.82. The first-order chi connectivity index (χ1) is 6.98. The second-order valence-corrected chi connectivity index (χ2v) is 4.98. The van der Waals surface area contributed by atoms with Gasteiger partial charge in [0.15, 0.2) is 0 Å². The van der Waals surface area contributed by atoms with Gasteiger partial charge in [-0.2, -0.15) is 5.26 Å². The van der Waals surface area contributed by atoms with Crippen molar-refractivity contribution in [2.24, 2.45) is 0 Å². The van der Waals surface area contributed by atoms with Crippen LogP contribution in [0, 0.1) is 11.3 Å². The molecule has 1 saturated carbocycles. The van der Waals surface area contributed by atoms with Crippen LogP contribution in [0.3, 0.4) is 0 Å². The van der Waals surface area contributed by atoms with Crippen molar-refractivity contribution in [3.05, 3.63) is 18.2 Å². The van der Waals surface area contributed by atoms with Gasteiger partial charge in [0, 0.05) is 0 Å². The summed E-state index contributed by atoms with van der Waals surface area (Å²) in [5, 5.41) is 19.0. The largest absolute Gasteiger partial charge is 0.386 e. The van der Waals surface area contributed by atoms with Crippen molar-refractivity contribution in [2.45, 2.75) is 36.8 Å². The Labute approximate surface area is 93.1 Å². The number of rotatable bonds is 3. The van der Waals surface area contributed by atoms with E-state index < -0.39 is 10.5 Å². The molecule has 80 valence electrons. The molecule has 1 fully saturated rings. The third kappa shape index (κ3) is 1.73. The van der Waals surface area contributed by atoms with Gasteiger partial charge in [0.25, 0.3) is 0 Å². The normalized spacial score (nSPS) is 21.7. The molecule has 1 unspecified atom stereocenters. The summed E-state index contributed by atoms with van der Waals surface area (Å²) in [6.07, 6.45) is 4.65. The maximum atomic E-state index is 10.2. The van der Waals surface area contributed by atoms with E-state index in [1.807, 2.05) is 6.07 Å². The Bertz CT molecular complexity index is 415. The Kier molecular flexibility index (Phi) is 2.25. The second kappa shape index (κ2) is 3.22. The third-order valence-electron chi connectivity index (χ3n) is 2.96. The molecule has 1 aromatic rings. The summed E-state index contributed by atoms with van der Waals surface area (Å²) < 4.78 is 1.63. The first-order valence-corrected chi connectivity index (χ1v) is 5.18. The molecule has 2 rings (SSSR count). The SMILES string of the molecule is CC(O)(Cn1cncc1C#N)C1(Cl)CC1. The molecular formula is C10H12ClN3O. The van der Waals surface area contributed by atoms with Gasteiger partial charge in [-0.25, -0.2) is 4.98 Å². The number of hydrogen-bond donors (Lipinski definition) is 1.